The maximum atomic E-state index is 12.2. The first-order valence-electron chi connectivity index (χ1n) is 6.57. The van der Waals surface area contributed by atoms with Gasteiger partial charge in [0.05, 0.1) is 11.8 Å². The van der Waals surface area contributed by atoms with Crippen LogP contribution in [0.4, 0.5) is 0 Å². The molecule has 104 valence electrons. The van der Waals surface area contributed by atoms with Crippen LogP contribution in [0.3, 0.4) is 0 Å². The molecule has 1 aromatic heterocycles. The molecule has 0 spiro atoms. The zero-order valence-corrected chi connectivity index (χ0v) is 11.2. The second kappa shape index (κ2) is 5.07. The van der Waals surface area contributed by atoms with Crippen molar-refractivity contribution in [2.45, 2.75) is 45.1 Å². The molecule has 2 N–H and O–H groups in total. The SMILES string of the molecule is Cc1occc1C(=O)NC1(C(=O)O)CCCCC1C. The molecule has 0 saturated heterocycles. The first-order chi connectivity index (χ1) is 8.97. The zero-order chi connectivity index (χ0) is 14.0. The van der Waals surface area contributed by atoms with Crippen LogP contribution in [0.15, 0.2) is 16.7 Å². The molecule has 2 rings (SSSR count). The maximum Gasteiger partial charge on any atom is 0.329 e. The van der Waals surface area contributed by atoms with Gasteiger partial charge in [-0.25, -0.2) is 4.79 Å². The molecule has 19 heavy (non-hydrogen) atoms. The van der Waals surface area contributed by atoms with E-state index in [1.54, 1.807) is 13.0 Å². The highest BCUT2D eigenvalue weighted by molar-refractivity contribution is 5.98. The van der Waals surface area contributed by atoms with Crippen LogP contribution in [0, 0.1) is 12.8 Å². The highest BCUT2D eigenvalue weighted by Gasteiger charge is 2.46. The highest BCUT2D eigenvalue weighted by Crippen LogP contribution is 2.34. The van der Waals surface area contributed by atoms with Gasteiger partial charge in [-0.2, -0.15) is 0 Å². The number of hydrogen-bond acceptors (Lipinski definition) is 3. The van der Waals surface area contributed by atoms with Crippen molar-refractivity contribution in [1.29, 1.82) is 0 Å². The first-order valence-corrected chi connectivity index (χ1v) is 6.57. The number of hydrogen-bond donors (Lipinski definition) is 2. The Labute approximate surface area is 112 Å². The van der Waals surface area contributed by atoms with Gasteiger partial charge in [0.2, 0.25) is 0 Å². The van der Waals surface area contributed by atoms with Crippen molar-refractivity contribution >= 4 is 11.9 Å². The molecule has 2 unspecified atom stereocenters. The van der Waals surface area contributed by atoms with Crippen LogP contribution >= 0.6 is 0 Å². The van der Waals surface area contributed by atoms with Crippen molar-refractivity contribution in [1.82, 2.24) is 5.32 Å². The molecule has 1 aliphatic rings. The summed E-state index contributed by atoms with van der Waals surface area (Å²) in [4.78, 5) is 23.9. The van der Waals surface area contributed by atoms with Gasteiger partial charge in [-0.1, -0.05) is 19.8 Å². The number of aryl methyl sites for hydroxylation is 1. The minimum absolute atomic E-state index is 0.0742. The molecule has 1 aliphatic carbocycles. The van der Waals surface area contributed by atoms with Crippen LogP contribution in [-0.4, -0.2) is 22.5 Å². The Hall–Kier alpha value is -1.78. The van der Waals surface area contributed by atoms with E-state index in [0.29, 0.717) is 17.7 Å². The summed E-state index contributed by atoms with van der Waals surface area (Å²) in [5.74, 6) is -0.895. The third-order valence-electron chi connectivity index (χ3n) is 4.12. The lowest BCUT2D eigenvalue weighted by atomic mass is 9.73. The summed E-state index contributed by atoms with van der Waals surface area (Å²) in [6, 6.07) is 1.56. The van der Waals surface area contributed by atoms with Crippen LogP contribution in [-0.2, 0) is 4.79 Å². The average molecular weight is 265 g/mol. The second-order valence-electron chi connectivity index (χ2n) is 5.27. The van der Waals surface area contributed by atoms with E-state index >= 15 is 0 Å². The number of aliphatic carboxylic acids is 1. The third-order valence-corrected chi connectivity index (χ3v) is 4.12. The Balaban J connectivity index is 2.24. The van der Waals surface area contributed by atoms with Crippen LogP contribution in [0.5, 0.6) is 0 Å². The summed E-state index contributed by atoms with van der Waals surface area (Å²) in [5.41, 5.74) is -0.752. The molecule has 5 heteroatoms. The minimum atomic E-state index is -1.15. The molecule has 1 aromatic rings. The van der Waals surface area contributed by atoms with Crippen LogP contribution < -0.4 is 5.32 Å². The van der Waals surface area contributed by atoms with Gasteiger partial charge in [-0.3, -0.25) is 4.79 Å². The van der Waals surface area contributed by atoms with Gasteiger partial charge in [-0.05, 0) is 31.7 Å². The van der Waals surface area contributed by atoms with Crippen molar-refractivity contribution in [3.63, 3.8) is 0 Å². The fraction of sp³-hybridized carbons (Fsp3) is 0.571. The Kier molecular flexibility index (Phi) is 3.64. The Morgan fingerprint density at radius 3 is 2.74 bits per heavy atom. The predicted molar refractivity (Wildman–Crippen MR) is 68.9 cm³/mol. The predicted octanol–water partition coefficient (Wildman–Crippen LogP) is 2.35. The molecule has 1 amide bonds. The standard InChI is InChI=1S/C14H19NO4/c1-9-5-3-4-7-14(9,13(17)18)15-12(16)11-6-8-19-10(11)2/h6,8-9H,3-5,7H2,1-2H3,(H,15,16)(H,17,18). The van der Waals surface area contributed by atoms with E-state index in [-0.39, 0.29) is 11.8 Å². The molecule has 1 heterocycles. The zero-order valence-electron chi connectivity index (χ0n) is 11.2. The lowest BCUT2D eigenvalue weighted by Crippen LogP contribution is -2.60. The molecular weight excluding hydrogens is 246 g/mol. The van der Waals surface area contributed by atoms with E-state index in [0.717, 1.165) is 19.3 Å². The molecule has 0 aromatic carbocycles. The van der Waals surface area contributed by atoms with Gasteiger partial charge in [0.25, 0.3) is 5.91 Å². The molecule has 5 nitrogen and oxygen atoms in total. The maximum absolute atomic E-state index is 12.2. The molecule has 1 fully saturated rings. The number of rotatable bonds is 3. The second-order valence-corrected chi connectivity index (χ2v) is 5.27. The van der Waals surface area contributed by atoms with Gasteiger partial charge in [-0.15, -0.1) is 0 Å². The van der Waals surface area contributed by atoms with Crippen LogP contribution in [0.1, 0.15) is 48.7 Å². The van der Waals surface area contributed by atoms with E-state index in [2.05, 4.69) is 5.32 Å². The van der Waals surface area contributed by atoms with E-state index in [4.69, 9.17) is 4.42 Å². The van der Waals surface area contributed by atoms with E-state index < -0.39 is 11.5 Å². The summed E-state index contributed by atoms with van der Waals surface area (Å²) in [6.45, 7) is 3.57. The summed E-state index contributed by atoms with van der Waals surface area (Å²) in [7, 11) is 0. The molecular formula is C14H19NO4. The van der Waals surface area contributed by atoms with Crippen LogP contribution in [0.2, 0.25) is 0 Å². The number of carbonyl (C=O) groups excluding carboxylic acids is 1. The van der Waals surface area contributed by atoms with Gasteiger partial charge in [0.15, 0.2) is 0 Å². The number of carboxylic acid groups (broad SMARTS) is 1. The lowest BCUT2D eigenvalue weighted by Gasteiger charge is -2.39. The normalized spacial score (nSPS) is 26.9. The van der Waals surface area contributed by atoms with Gasteiger partial charge < -0.3 is 14.8 Å². The summed E-state index contributed by atoms with van der Waals surface area (Å²) in [5, 5.41) is 12.3. The van der Waals surface area contributed by atoms with Gasteiger partial charge in [0.1, 0.15) is 11.3 Å². The quantitative estimate of drug-likeness (QED) is 0.879. The summed E-state index contributed by atoms with van der Waals surface area (Å²) in [6.07, 6.45) is 4.56. The molecule has 2 atom stereocenters. The van der Waals surface area contributed by atoms with Crippen molar-refractivity contribution < 1.29 is 19.1 Å². The third kappa shape index (κ3) is 2.37. The van der Waals surface area contributed by atoms with Crippen molar-refractivity contribution in [3.8, 4) is 0 Å². The van der Waals surface area contributed by atoms with E-state index in [1.807, 2.05) is 6.92 Å². The largest absolute Gasteiger partial charge is 0.479 e. The number of nitrogens with one attached hydrogen (secondary N) is 1. The lowest BCUT2D eigenvalue weighted by molar-refractivity contribution is -0.148. The van der Waals surface area contributed by atoms with Gasteiger partial charge in [0, 0.05) is 0 Å². The van der Waals surface area contributed by atoms with E-state index in [9.17, 15) is 14.7 Å². The summed E-state index contributed by atoms with van der Waals surface area (Å²) >= 11 is 0. The number of furan rings is 1. The fourth-order valence-electron chi connectivity index (χ4n) is 2.79. The molecule has 0 radical (unpaired) electrons. The van der Waals surface area contributed by atoms with Gasteiger partial charge >= 0.3 is 5.97 Å². The summed E-state index contributed by atoms with van der Waals surface area (Å²) < 4.78 is 5.09. The smallest absolute Gasteiger partial charge is 0.329 e. The average Bonchev–Trinajstić information content (AvgIpc) is 2.78. The monoisotopic (exact) mass is 265 g/mol. The minimum Gasteiger partial charge on any atom is -0.479 e. The van der Waals surface area contributed by atoms with E-state index in [1.165, 1.54) is 6.26 Å². The first kappa shape index (κ1) is 13.6. The number of carboxylic acids is 1. The highest BCUT2D eigenvalue weighted by atomic mass is 16.4. The molecule has 0 aliphatic heterocycles. The number of carbonyl (C=O) groups is 2. The molecule has 1 saturated carbocycles. The number of amides is 1. The Morgan fingerprint density at radius 1 is 1.47 bits per heavy atom. The van der Waals surface area contributed by atoms with Crippen molar-refractivity contribution in [2.75, 3.05) is 0 Å². The Bertz CT molecular complexity index is 493. The van der Waals surface area contributed by atoms with Crippen molar-refractivity contribution in [3.05, 3.63) is 23.7 Å². The fourth-order valence-corrected chi connectivity index (χ4v) is 2.79. The topological polar surface area (TPSA) is 79.5 Å². The molecule has 0 bridgehead atoms. The van der Waals surface area contributed by atoms with Crippen molar-refractivity contribution in [2.24, 2.45) is 5.92 Å². The Morgan fingerprint density at radius 2 is 2.21 bits per heavy atom. The van der Waals surface area contributed by atoms with Crippen LogP contribution in [0.25, 0.3) is 0 Å².